The molecule has 2 atom stereocenters. The molecule has 1 aliphatic heterocycles. The summed E-state index contributed by atoms with van der Waals surface area (Å²) in [5, 5.41) is 3.16. The molecule has 4 heteroatoms. The van der Waals surface area contributed by atoms with Gasteiger partial charge >= 0.3 is 0 Å². The number of nitrogens with two attached hydrogens (primary N) is 1. The fourth-order valence-corrected chi connectivity index (χ4v) is 3.00. The molecule has 0 aromatic heterocycles. The predicted molar refractivity (Wildman–Crippen MR) is 66.5 cm³/mol. The van der Waals surface area contributed by atoms with Crippen LogP contribution in [-0.2, 0) is 9.53 Å². The van der Waals surface area contributed by atoms with Gasteiger partial charge in [-0.15, -0.1) is 0 Å². The van der Waals surface area contributed by atoms with E-state index in [-0.39, 0.29) is 17.4 Å². The number of carbonyl (C=O) groups is 1. The van der Waals surface area contributed by atoms with Crippen molar-refractivity contribution in [1.82, 2.24) is 5.32 Å². The Balaban J connectivity index is 1.90. The second-order valence-electron chi connectivity index (χ2n) is 5.58. The van der Waals surface area contributed by atoms with E-state index in [2.05, 4.69) is 12.2 Å². The third kappa shape index (κ3) is 2.63. The Labute approximate surface area is 103 Å². The van der Waals surface area contributed by atoms with E-state index in [1.54, 1.807) is 0 Å². The summed E-state index contributed by atoms with van der Waals surface area (Å²) < 4.78 is 5.36. The van der Waals surface area contributed by atoms with E-state index in [0.717, 1.165) is 45.3 Å². The van der Waals surface area contributed by atoms with Crippen LogP contribution in [0.4, 0.5) is 0 Å². The molecule has 2 unspecified atom stereocenters. The first-order valence-corrected chi connectivity index (χ1v) is 6.77. The highest BCUT2D eigenvalue weighted by Gasteiger charge is 2.40. The molecule has 4 nitrogen and oxygen atoms in total. The quantitative estimate of drug-likeness (QED) is 0.772. The monoisotopic (exact) mass is 240 g/mol. The number of amides is 1. The van der Waals surface area contributed by atoms with Crippen molar-refractivity contribution in [2.24, 2.45) is 17.1 Å². The number of rotatable bonds is 4. The first-order chi connectivity index (χ1) is 8.18. The summed E-state index contributed by atoms with van der Waals surface area (Å²) in [7, 11) is 0. The van der Waals surface area contributed by atoms with Gasteiger partial charge in [0.2, 0.25) is 5.91 Å². The molecule has 1 heterocycles. The molecular weight excluding hydrogens is 216 g/mol. The third-order valence-electron chi connectivity index (χ3n) is 4.46. The fraction of sp³-hybridized carbons (Fsp3) is 0.923. The smallest absolute Gasteiger partial charge is 0.227 e. The fourth-order valence-electron chi connectivity index (χ4n) is 3.00. The molecular formula is C13H24N2O2. The van der Waals surface area contributed by atoms with Gasteiger partial charge in [-0.3, -0.25) is 4.79 Å². The zero-order valence-corrected chi connectivity index (χ0v) is 10.7. The van der Waals surface area contributed by atoms with Crippen LogP contribution in [0.3, 0.4) is 0 Å². The second-order valence-corrected chi connectivity index (χ2v) is 5.58. The zero-order chi connectivity index (χ0) is 12.3. The Morgan fingerprint density at radius 1 is 1.53 bits per heavy atom. The molecule has 3 N–H and O–H groups in total. The van der Waals surface area contributed by atoms with E-state index >= 15 is 0 Å². The third-order valence-corrected chi connectivity index (χ3v) is 4.46. The van der Waals surface area contributed by atoms with E-state index in [0.29, 0.717) is 12.5 Å². The normalized spacial score (nSPS) is 29.2. The van der Waals surface area contributed by atoms with Crippen molar-refractivity contribution >= 4 is 5.91 Å². The van der Waals surface area contributed by atoms with Crippen LogP contribution in [0.15, 0.2) is 0 Å². The minimum Gasteiger partial charge on any atom is -0.381 e. The summed E-state index contributed by atoms with van der Waals surface area (Å²) in [6.45, 7) is 4.16. The molecule has 0 radical (unpaired) electrons. The van der Waals surface area contributed by atoms with Gasteiger partial charge in [0.1, 0.15) is 0 Å². The van der Waals surface area contributed by atoms with Gasteiger partial charge in [0, 0.05) is 25.1 Å². The largest absolute Gasteiger partial charge is 0.381 e. The van der Waals surface area contributed by atoms with E-state index in [1.165, 1.54) is 0 Å². The summed E-state index contributed by atoms with van der Waals surface area (Å²) in [4.78, 5) is 12.3. The number of hydrogen-bond donors (Lipinski definition) is 2. The molecule has 0 aromatic carbocycles. The lowest BCUT2D eigenvalue weighted by Crippen LogP contribution is -2.49. The lowest BCUT2D eigenvalue weighted by molar-refractivity contribution is -0.131. The van der Waals surface area contributed by atoms with Gasteiger partial charge in [0.25, 0.3) is 0 Å². The van der Waals surface area contributed by atoms with Gasteiger partial charge < -0.3 is 15.8 Å². The van der Waals surface area contributed by atoms with Crippen molar-refractivity contribution in [1.29, 1.82) is 0 Å². The standard InChI is InChI=1S/C13H24N2O2/c1-10(11-4-7-17-8-11)15-12(16)13(9-14)5-2-3-6-13/h10-11H,2-9,14H2,1H3,(H,15,16). The Bertz CT molecular complexity index is 269. The van der Waals surface area contributed by atoms with Crippen molar-refractivity contribution in [3.05, 3.63) is 0 Å². The van der Waals surface area contributed by atoms with Crippen LogP contribution in [0.5, 0.6) is 0 Å². The lowest BCUT2D eigenvalue weighted by atomic mass is 9.84. The van der Waals surface area contributed by atoms with Crippen LogP contribution < -0.4 is 11.1 Å². The first kappa shape index (κ1) is 12.8. The number of carbonyl (C=O) groups excluding carboxylic acids is 1. The van der Waals surface area contributed by atoms with Crippen molar-refractivity contribution in [2.75, 3.05) is 19.8 Å². The van der Waals surface area contributed by atoms with Gasteiger partial charge in [-0.1, -0.05) is 12.8 Å². The molecule has 2 fully saturated rings. The second kappa shape index (κ2) is 5.36. The SMILES string of the molecule is CC(NC(=O)C1(CN)CCCC1)C1CCOC1. The Morgan fingerprint density at radius 3 is 2.76 bits per heavy atom. The van der Waals surface area contributed by atoms with Crippen LogP contribution in [0.25, 0.3) is 0 Å². The molecule has 1 saturated carbocycles. The maximum Gasteiger partial charge on any atom is 0.227 e. The maximum absolute atomic E-state index is 12.3. The molecule has 17 heavy (non-hydrogen) atoms. The van der Waals surface area contributed by atoms with Gasteiger partial charge in [-0.25, -0.2) is 0 Å². The van der Waals surface area contributed by atoms with Crippen molar-refractivity contribution in [2.45, 2.75) is 45.1 Å². The van der Waals surface area contributed by atoms with Crippen LogP contribution in [0.2, 0.25) is 0 Å². The lowest BCUT2D eigenvalue weighted by Gasteiger charge is -2.29. The van der Waals surface area contributed by atoms with Crippen LogP contribution in [-0.4, -0.2) is 31.7 Å². The molecule has 1 aliphatic carbocycles. The topological polar surface area (TPSA) is 64.4 Å². The maximum atomic E-state index is 12.3. The molecule has 1 amide bonds. The zero-order valence-electron chi connectivity index (χ0n) is 10.7. The number of nitrogens with one attached hydrogen (secondary N) is 1. The minimum atomic E-state index is -0.284. The summed E-state index contributed by atoms with van der Waals surface area (Å²) in [5.74, 6) is 0.632. The van der Waals surface area contributed by atoms with Crippen molar-refractivity contribution in [3.8, 4) is 0 Å². The Hall–Kier alpha value is -0.610. The van der Waals surface area contributed by atoms with Gasteiger partial charge in [-0.05, 0) is 26.2 Å². The van der Waals surface area contributed by atoms with Gasteiger partial charge in [0.05, 0.1) is 12.0 Å². The predicted octanol–water partition coefficient (Wildman–Crippen LogP) is 1.05. The molecule has 0 aromatic rings. The number of ether oxygens (including phenoxy) is 1. The first-order valence-electron chi connectivity index (χ1n) is 6.77. The van der Waals surface area contributed by atoms with Crippen molar-refractivity contribution in [3.63, 3.8) is 0 Å². The van der Waals surface area contributed by atoms with Crippen molar-refractivity contribution < 1.29 is 9.53 Å². The Morgan fingerprint density at radius 2 is 2.24 bits per heavy atom. The molecule has 0 bridgehead atoms. The molecule has 98 valence electrons. The Kier molecular flexibility index (Phi) is 4.05. The molecule has 2 aliphatic rings. The molecule has 2 rings (SSSR count). The van der Waals surface area contributed by atoms with E-state index < -0.39 is 0 Å². The molecule has 0 spiro atoms. The molecule has 1 saturated heterocycles. The minimum absolute atomic E-state index is 0.164. The highest BCUT2D eigenvalue weighted by atomic mass is 16.5. The summed E-state index contributed by atoms with van der Waals surface area (Å²) in [6, 6.07) is 0.203. The van der Waals surface area contributed by atoms with Gasteiger partial charge in [0.15, 0.2) is 0 Å². The average Bonchev–Trinajstić information content (AvgIpc) is 3.01. The summed E-state index contributed by atoms with van der Waals surface area (Å²) in [5.41, 5.74) is 5.53. The van der Waals surface area contributed by atoms with Crippen LogP contribution in [0.1, 0.15) is 39.0 Å². The number of hydrogen-bond acceptors (Lipinski definition) is 3. The van der Waals surface area contributed by atoms with Crippen LogP contribution >= 0.6 is 0 Å². The highest BCUT2D eigenvalue weighted by molar-refractivity contribution is 5.83. The van der Waals surface area contributed by atoms with E-state index in [1.807, 2.05) is 0 Å². The highest BCUT2D eigenvalue weighted by Crippen LogP contribution is 2.37. The summed E-state index contributed by atoms with van der Waals surface area (Å²) in [6.07, 6.45) is 5.21. The van der Waals surface area contributed by atoms with E-state index in [4.69, 9.17) is 10.5 Å². The van der Waals surface area contributed by atoms with E-state index in [9.17, 15) is 4.79 Å². The average molecular weight is 240 g/mol. The van der Waals surface area contributed by atoms with Crippen LogP contribution in [0, 0.1) is 11.3 Å². The summed E-state index contributed by atoms with van der Waals surface area (Å²) >= 11 is 0. The van der Waals surface area contributed by atoms with Gasteiger partial charge in [-0.2, -0.15) is 0 Å².